The quantitative estimate of drug-likeness (QED) is 0.713. The van der Waals surface area contributed by atoms with E-state index in [1.807, 2.05) is 36.5 Å². The molecule has 7 heteroatoms. The molecule has 0 aliphatic carbocycles. The van der Waals surface area contributed by atoms with Crippen molar-refractivity contribution in [3.63, 3.8) is 0 Å². The Morgan fingerprint density at radius 1 is 1.19 bits per heavy atom. The molecule has 5 nitrogen and oxygen atoms in total. The average Bonchev–Trinajstić information content (AvgIpc) is 3.01. The number of nitrogens with zero attached hydrogens (tertiary/aromatic N) is 4. The van der Waals surface area contributed by atoms with Gasteiger partial charge in [-0.1, -0.05) is 17.3 Å². The van der Waals surface area contributed by atoms with Gasteiger partial charge < -0.3 is 5.32 Å². The minimum atomic E-state index is 0.611. The lowest BCUT2D eigenvalue weighted by atomic mass is 10.2. The van der Waals surface area contributed by atoms with Crippen LogP contribution >= 0.6 is 31.9 Å². The van der Waals surface area contributed by atoms with Gasteiger partial charge in [-0.25, -0.2) is 4.68 Å². The number of anilines is 1. The van der Waals surface area contributed by atoms with E-state index in [0.717, 1.165) is 26.0 Å². The van der Waals surface area contributed by atoms with Gasteiger partial charge in [0.2, 0.25) is 0 Å². The number of nitrogens with one attached hydrogen (secondary N) is 1. The van der Waals surface area contributed by atoms with Gasteiger partial charge in [0.1, 0.15) is 0 Å². The summed E-state index contributed by atoms with van der Waals surface area (Å²) in [4.78, 5) is 4.39. The Morgan fingerprint density at radius 3 is 2.81 bits per heavy atom. The molecule has 0 aliphatic rings. The van der Waals surface area contributed by atoms with E-state index in [0.29, 0.717) is 6.54 Å². The van der Waals surface area contributed by atoms with Gasteiger partial charge >= 0.3 is 0 Å². The minimum absolute atomic E-state index is 0.611. The number of hydrogen-bond acceptors (Lipinski definition) is 4. The molecule has 2 heterocycles. The van der Waals surface area contributed by atoms with Crippen LogP contribution in [0.5, 0.6) is 0 Å². The lowest BCUT2D eigenvalue weighted by Gasteiger charge is -2.12. The molecule has 3 rings (SSSR count). The van der Waals surface area contributed by atoms with Crippen LogP contribution in [-0.2, 0) is 6.54 Å². The third-order valence-corrected chi connectivity index (χ3v) is 4.02. The van der Waals surface area contributed by atoms with Gasteiger partial charge in [-0.05, 0) is 50.1 Å². The summed E-state index contributed by atoms with van der Waals surface area (Å²) in [7, 11) is 0. The number of halogens is 2. The highest BCUT2D eigenvalue weighted by Gasteiger charge is 2.06. The Bertz CT molecular complexity index is 743. The van der Waals surface area contributed by atoms with E-state index in [9.17, 15) is 0 Å². The standard InChI is InChI=1S/C14H11Br2N5/c15-10-7-11(16)13(17-8-10)9-18-12-3-1-2-4-14(12)21-6-5-19-20-21/h1-8,18H,9H2. The van der Waals surface area contributed by atoms with Crippen molar-refractivity contribution in [3.05, 3.63) is 63.6 Å². The molecule has 2 aromatic heterocycles. The van der Waals surface area contributed by atoms with E-state index in [-0.39, 0.29) is 0 Å². The van der Waals surface area contributed by atoms with Crippen LogP contribution in [0.1, 0.15) is 5.69 Å². The summed E-state index contributed by atoms with van der Waals surface area (Å²) in [6, 6.07) is 9.92. The van der Waals surface area contributed by atoms with Crippen LogP contribution in [0.15, 0.2) is 57.9 Å². The van der Waals surface area contributed by atoms with Crippen LogP contribution < -0.4 is 5.32 Å². The fourth-order valence-corrected chi connectivity index (χ4v) is 3.04. The van der Waals surface area contributed by atoms with E-state index < -0.39 is 0 Å². The van der Waals surface area contributed by atoms with Crippen molar-refractivity contribution in [1.82, 2.24) is 20.0 Å². The third kappa shape index (κ3) is 3.30. The zero-order valence-electron chi connectivity index (χ0n) is 10.9. The highest BCUT2D eigenvalue weighted by atomic mass is 79.9. The molecule has 0 unspecified atom stereocenters. The van der Waals surface area contributed by atoms with Gasteiger partial charge in [0.15, 0.2) is 0 Å². The first-order valence-corrected chi connectivity index (χ1v) is 7.82. The molecule has 1 N–H and O–H groups in total. The largest absolute Gasteiger partial charge is 0.378 e. The fourth-order valence-electron chi connectivity index (χ4n) is 1.91. The van der Waals surface area contributed by atoms with Crippen LogP contribution in [0.2, 0.25) is 0 Å². The summed E-state index contributed by atoms with van der Waals surface area (Å²) in [5.41, 5.74) is 2.86. The highest BCUT2D eigenvalue weighted by molar-refractivity contribution is 9.11. The smallest absolute Gasteiger partial charge is 0.0894 e. The molecule has 3 aromatic rings. The van der Waals surface area contributed by atoms with E-state index >= 15 is 0 Å². The molecule has 0 radical (unpaired) electrons. The lowest BCUT2D eigenvalue weighted by molar-refractivity contribution is 0.803. The van der Waals surface area contributed by atoms with Crippen molar-refractivity contribution < 1.29 is 0 Å². The molecule has 0 fully saturated rings. The third-order valence-electron chi connectivity index (χ3n) is 2.90. The van der Waals surface area contributed by atoms with Crippen molar-refractivity contribution in [2.24, 2.45) is 0 Å². The van der Waals surface area contributed by atoms with Gasteiger partial charge in [-0.15, -0.1) is 5.10 Å². The predicted molar refractivity (Wildman–Crippen MR) is 88.3 cm³/mol. The van der Waals surface area contributed by atoms with Crippen LogP contribution in [-0.4, -0.2) is 20.0 Å². The Balaban J connectivity index is 1.83. The lowest BCUT2D eigenvalue weighted by Crippen LogP contribution is -2.06. The van der Waals surface area contributed by atoms with E-state index in [4.69, 9.17) is 0 Å². The summed E-state index contributed by atoms with van der Waals surface area (Å²) < 4.78 is 3.63. The van der Waals surface area contributed by atoms with Crippen LogP contribution in [0.25, 0.3) is 5.69 Å². The van der Waals surface area contributed by atoms with Crippen LogP contribution in [0.4, 0.5) is 5.69 Å². The number of benzene rings is 1. The Kier molecular flexibility index (Phi) is 4.31. The first kappa shape index (κ1) is 14.2. The van der Waals surface area contributed by atoms with Gasteiger partial charge in [-0.2, -0.15) is 0 Å². The van der Waals surface area contributed by atoms with Crippen molar-refractivity contribution in [1.29, 1.82) is 0 Å². The number of pyridine rings is 1. The molecule has 0 saturated carbocycles. The summed E-state index contributed by atoms with van der Waals surface area (Å²) in [5.74, 6) is 0. The summed E-state index contributed by atoms with van der Waals surface area (Å²) in [6.45, 7) is 0.611. The fraction of sp³-hybridized carbons (Fsp3) is 0.0714. The average molecular weight is 409 g/mol. The molecule has 0 atom stereocenters. The Hall–Kier alpha value is -1.73. The normalized spacial score (nSPS) is 10.6. The van der Waals surface area contributed by atoms with Crippen molar-refractivity contribution in [2.75, 3.05) is 5.32 Å². The van der Waals surface area contributed by atoms with Gasteiger partial charge in [0.05, 0.1) is 36.0 Å². The number of para-hydroxylation sites is 2. The Labute approximate surface area is 138 Å². The van der Waals surface area contributed by atoms with E-state index in [2.05, 4.69) is 52.5 Å². The molecule has 21 heavy (non-hydrogen) atoms. The maximum absolute atomic E-state index is 4.39. The van der Waals surface area contributed by atoms with Gasteiger partial charge in [0, 0.05) is 15.1 Å². The molecule has 0 amide bonds. The summed E-state index contributed by atoms with van der Waals surface area (Å²) >= 11 is 6.92. The molecular weight excluding hydrogens is 398 g/mol. The topological polar surface area (TPSA) is 55.6 Å². The maximum atomic E-state index is 4.39. The van der Waals surface area contributed by atoms with E-state index in [1.165, 1.54) is 0 Å². The van der Waals surface area contributed by atoms with Crippen molar-refractivity contribution >= 4 is 37.5 Å². The Morgan fingerprint density at radius 2 is 2.05 bits per heavy atom. The zero-order valence-corrected chi connectivity index (χ0v) is 14.0. The van der Waals surface area contributed by atoms with Gasteiger partial charge in [-0.3, -0.25) is 4.98 Å². The van der Waals surface area contributed by atoms with Crippen LogP contribution in [0, 0.1) is 0 Å². The molecule has 0 aliphatic heterocycles. The highest BCUT2D eigenvalue weighted by Crippen LogP contribution is 2.23. The molecule has 0 bridgehead atoms. The molecule has 1 aromatic carbocycles. The van der Waals surface area contributed by atoms with Crippen molar-refractivity contribution in [3.8, 4) is 5.69 Å². The van der Waals surface area contributed by atoms with Gasteiger partial charge in [0.25, 0.3) is 0 Å². The monoisotopic (exact) mass is 407 g/mol. The summed E-state index contributed by atoms with van der Waals surface area (Å²) in [5, 5.41) is 11.3. The second-order valence-corrected chi connectivity index (χ2v) is 6.07. The SMILES string of the molecule is Brc1cnc(CNc2ccccc2-n2ccnn2)c(Br)c1. The second kappa shape index (κ2) is 6.36. The maximum Gasteiger partial charge on any atom is 0.0894 e. The number of aromatic nitrogens is 4. The zero-order chi connectivity index (χ0) is 14.7. The van der Waals surface area contributed by atoms with E-state index in [1.54, 1.807) is 17.1 Å². The number of rotatable bonds is 4. The number of hydrogen-bond donors (Lipinski definition) is 1. The van der Waals surface area contributed by atoms with Crippen molar-refractivity contribution in [2.45, 2.75) is 6.54 Å². The predicted octanol–water partition coefficient (Wildman–Crippen LogP) is 3.80. The summed E-state index contributed by atoms with van der Waals surface area (Å²) in [6.07, 6.45) is 5.25. The molecular formula is C14H11Br2N5. The molecule has 106 valence electrons. The second-order valence-electron chi connectivity index (χ2n) is 4.30. The first-order chi connectivity index (χ1) is 10.2. The molecule has 0 spiro atoms. The molecule has 0 saturated heterocycles. The first-order valence-electron chi connectivity index (χ1n) is 6.23. The van der Waals surface area contributed by atoms with Crippen LogP contribution in [0.3, 0.4) is 0 Å². The minimum Gasteiger partial charge on any atom is -0.378 e.